The molecule has 3 aliphatic heterocycles. The van der Waals surface area contributed by atoms with Gasteiger partial charge in [0.15, 0.2) is 23.5 Å². The van der Waals surface area contributed by atoms with Crippen LogP contribution in [0.1, 0.15) is 22.3 Å². The first-order valence-corrected chi connectivity index (χ1v) is 10.4. The highest BCUT2D eigenvalue weighted by Crippen LogP contribution is 2.57. The molecule has 1 spiro atoms. The van der Waals surface area contributed by atoms with Crippen molar-refractivity contribution in [2.45, 2.75) is 19.5 Å². The van der Waals surface area contributed by atoms with Crippen LogP contribution in [-0.4, -0.2) is 0 Å². The highest BCUT2D eigenvalue weighted by molar-refractivity contribution is 6.08. The molecule has 3 aliphatic rings. The molecule has 0 saturated heterocycles. The molecular weight excluding hydrogens is 368 g/mol. The van der Waals surface area contributed by atoms with Gasteiger partial charge in [0, 0.05) is 23.6 Å². The van der Waals surface area contributed by atoms with E-state index in [1.807, 2.05) is 0 Å². The zero-order chi connectivity index (χ0) is 19.8. The molecule has 2 aromatic heterocycles. The molecule has 3 nitrogen and oxygen atoms in total. The summed E-state index contributed by atoms with van der Waals surface area (Å²) in [4.78, 5) is 0. The van der Waals surface area contributed by atoms with Crippen molar-refractivity contribution in [3.63, 3.8) is 0 Å². The van der Waals surface area contributed by atoms with Gasteiger partial charge in [0.05, 0.1) is 10.9 Å². The first kappa shape index (κ1) is 15.2. The molecule has 0 fully saturated rings. The van der Waals surface area contributed by atoms with E-state index in [1.54, 1.807) is 0 Å². The second-order valence-corrected chi connectivity index (χ2v) is 8.84. The summed E-state index contributed by atoms with van der Waals surface area (Å²) >= 11 is 0. The van der Waals surface area contributed by atoms with E-state index in [1.165, 1.54) is 55.2 Å². The number of pyridine rings is 2. The summed E-state index contributed by atoms with van der Waals surface area (Å²) in [7, 11) is 0. The molecule has 140 valence electrons. The molecule has 3 heteroatoms. The number of hydrogen-bond donors (Lipinski definition) is 0. The van der Waals surface area contributed by atoms with E-state index in [0.717, 1.165) is 11.5 Å². The Kier molecular flexibility index (Phi) is 2.30. The van der Waals surface area contributed by atoms with Crippen LogP contribution < -0.4 is 13.9 Å². The van der Waals surface area contributed by atoms with E-state index in [0.29, 0.717) is 0 Å². The Bertz CT molecular complexity index is 1650. The summed E-state index contributed by atoms with van der Waals surface area (Å²) in [5, 5.41) is 3.84. The molecule has 5 aromatic rings. The minimum absolute atomic E-state index is 0.447. The lowest BCUT2D eigenvalue weighted by Crippen LogP contribution is -2.72. The maximum absolute atomic E-state index is 6.60. The molecule has 0 bridgehead atoms. The van der Waals surface area contributed by atoms with E-state index < -0.39 is 5.66 Å². The quantitative estimate of drug-likeness (QED) is 0.268. The predicted octanol–water partition coefficient (Wildman–Crippen LogP) is 4.88. The Morgan fingerprint density at radius 1 is 0.733 bits per heavy atom. The Balaban J connectivity index is 1.72. The summed E-state index contributed by atoms with van der Waals surface area (Å²) in [6.07, 6.45) is 4.50. The first-order valence-electron chi connectivity index (χ1n) is 10.4. The van der Waals surface area contributed by atoms with E-state index >= 15 is 0 Å². The number of aromatic nitrogens is 2. The van der Waals surface area contributed by atoms with Crippen LogP contribution in [-0.2, 0) is 5.66 Å². The monoisotopic (exact) mass is 386 g/mol. The van der Waals surface area contributed by atoms with Crippen molar-refractivity contribution < 1.29 is 13.9 Å². The Labute approximate surface area is 173 Å². The van der Waals surface area contributed by atoms with Crippen molar-refractivity contribution in [2.24, 2.45) is 0 Å². The lowest BCUT2D eigenvalue weighted by atomic mass is 9.85. The van der Waals surface area contributed by atoms with Crippen molar-refractivity contribution in [1.29, 1.82) is 0 Å². The summed E-state index contributed by atoms with van der Waals surface area (Å²) in [6.45, 7) is 4.32. The summed E-state index contributed by atoms with van der Waals surface area (Å²) in [6, 6.07) is 22.2. The van der Waals surface area contributed by atoms with Crippen LogP contribution in [0.4, 0.5) is 0 Å². The normalized spacial score (nSPS) is 18.7. The fourth-order valence-corrected chi connectivity index (χ4v) is 6.13. The lowest BCUT2D eigenvalue weighted by molar-refractivity contribution is -0.950. The standard InChI is InChI=1S/C27H18N2O/c1-15-9-11-28-20(13-15)19-12-16(2)14-22-24(19)27(28)25-21(30-22)8-7-17-5-6-18-4-3-10-29(27)26(18)23(17)25/h3-14H,1-2H3/q+2. The molecule has 3 aromatic carbocycles. The van der Waals surface area contributed by atoms with E-state index in [9.17, 15) is 0 Å². The van der Waals surface area contributed by atoms with Gasteiger partial charge < -0.3 is 4.74 Å². The van der Waals surface area contributed by atoms with Gasteiger partial charge in [-0.15, -0.1) is 9.13 Å². The van der Waals surface area contributed by atoms with Gasteiger partial charge in [-0.3, -0.25) is 0 Å². The van der Waals surface area contributed by atoms with Gasteiger partial charge >= 0.3 is 5.66 Å². The Morgan fingerprint density at radius 3 is 2.53 bits per heavy atom. The predicted molar refractivity (Wildman–Crippen MR) is 115 cm³/mol. The maximum atomic E-state index is 6.60. The van der Waals surface area contributed by atoms with Crippen LogP contribution in [0.2, 0.25) is 0 Å². The number of nitrogens with zero attached hydrogens (tertiary/aromatic N) is 2. The van der Waals surface area contributed by atoms with Crippen molar-refractivity contribution in [3.8, 4) is 22.8 Å². The third-order valence-corrected chi connectivity index (χ3v) is 7.15. The number of hydrogen-bond acceptors (Lipinski definition) is 1. The van der Waals surface area contributed by atoms with Crippen molar-refractivity contribution in [1.82, 2.24) is 0 Å². The van der Waals surface area contributed by atoms with Crippen LogP contribution in [0.25, 0.3) is 32.9 Å². The number of fused-ring (bicyclic) bond motifs is 2. The van der Waals surface area contributed by atoms with Gasteiger partial charge in [-0.25, -0.2) is 0 Å². The second-order valence-electron chi connectivity index (χ2n) is 8.84. The fourth-order valence-electron chi connectivity index (χ4n) is 6.13. The molecule has 5 heterocycles. The minimum atomic E-state index is -0.447. The summed E-state index contributed by atoms with van der Waals surface area (Å²) in [5.41, 5.74) is 8.37. The van der Waals surface area contributed by atoms with Crippen molar-refractivity contribution in [2.75, 3.05) is 0 Å². The molecule has 1 atom stereocenters. The van der Waals surface area contributed by atoms with Crippen molar-refractivity contribution in [3.05, 3.63) is 95.3 Å². The summed E-state index contributed by atoms with van der Waals surface area (Å²) in [5.74, 6) is 1.93. The van der Waals surface area contributed by atoms with Gasteiger partial charge in [-0.1, -0.05) is 12.1 Å². The van der Waals surface area contributed by atoms with E-state index in [-0.39, 0.29) is 0 Å². The van der Waals surface area contributed by atoms with Crippen LogP contribution in [0.15, 0.2) is 73.1 Å². The topological polar surface area (TPSA) is 17.0 Å². The smallest absolute Gasteiger partial charge is 0.425 e. The van der Waals surface area contributed by atoms with Gasteiger partial charge in [0.2, 0.25) is 11.2 Å². The average molecular weight is 386 g/mol. The molecule has 8 rings (SSSR count). The molecule has 30 heavy (non-hydrogen) atoms. The fraction of sp³-hybridized carbons (Fsp3) is 0.111. The van der Waals surface area contributed by atoms with Gasteiger partial charge in [-0.05, 0) is 60.7 Å². The van der Waals surface area contributed by atoms with Crippen LogP contribution in [0.5, 0.6) is 11.5 Å². The third kappa shape index (κ3) is 1.39. The minimum Gasteiger partial charge on any atom is -0.456 e. The molecule has 1 unspecified atom stereocenters. The number of rotatable bonds is 0. The van der Waals surface area contributed by atoms with Gasteiger partial charge in [0.1, 0.15) is 11.5 Å². The van der Waals surface area contributed by atoms with Crippen molar-refractivity contribution >= 4 is 21.7 Å². The Hall–Kier alpha value is -3.72. The van der Waals surface area contributed by atoms with Gasteiger partial charge in [-0.2, -0.15) is 0 Å². The number of ether oxygens (including phenoxy) is 1. The van der Waals surface area contributed by atoms with Crippen LogP contribution in [0, 0.1) is 13.8 Å². The highest BCUT2D eigenvalue weighted by Gasteiger charge is 2.70. The first-order chi connectivity index (χ1) is 14.7. The summed E-state index contributed by atoms with van der Waals surface area (Å²) < 4.78 is 11.5. The molecule has 0 saturated carbocycles. The lowest BCUT2D eigenvalue weighted by Gasteiger charge is -2.26. The molecule has 0 amide bonds. The van der Waals surface area contributed by atoms with E-state index in [2.05, 4.69) is 96.0 Å². The van der Waals surface area contributed by atoms with E-state index in [4.69, 9.17) is 4.74 Å². The number of aryl methyl sites for hydroxylation is 2. The third-order valence-electron chi connectivity index (χ3n) is 7.15. The molecule has 0 radical (unpaired) electrons. The zero-order valence-corrected chi connectivity index (χ0v) is 16.7. The maximum Gasteiger partial charge on any atom is 0.425 e. The second kappa shape index (κ2) is 4.54. The zero-order valence-electron chi connectivity index (χ0n) is 16.7. The highest BCUT2D eigenvalue weighted by atomic mass is 16.5. The molecule has 0 aliphatic carbocycles. The van der Waals surface area contributed by atoms with Crippen LogP contribution >= 0.6 is 0 Å². The largest absolute Gasteiger partial charge is 0.456 e. The van der Waals surface area contributed by atoms with Crippen LogP contribution in [0.3, 0.4) is 0 Å². The number of benzene rings is 3. The Morgan fingerprint density at radius 2 is 1.60 bits per heavy atom. The molecular formula is C27H18N2O+2. The van der Waals surface area contributed by atoms with Gasteiger partial charge in [0.25, 0.3) is 0 Å². The average Bonchev–Trinajstić information content (AvgIpc) is 3.22. The molecule has 0 N–H and O–H groups in total. The SMILES string of the molecule is Cc1cc2c3c(c1)-c1cc(C)cc[n+]1C31c3c(ccc4ccc5ccc[n+]1c5c34)O2.